The maximum Gasteiger partial charge on any atom is 0.363 e. The van der Waals surface area contributed by atoms with Gasteiger partial charge in [-0.3, -0.25) is 4.79 Å². The monoisotopic (exact) mass is 548 g/mol. The number of allylic oxidation sites excluding steroid dienone is 1. The Morgan fingerprint density at radius 1 is 0.800 bits per heavy atom. The number of hydrogen-bond donors (Lipinski definition) is 2. The Hall–Kier alpha value is -3.61. The van der Waals surface area contributed by atoms with E-state index in [-0.39, 0.29) is 17.6 Å². The first-order valence-corrected chi connectivity index (χ1v) is 13.8. The lowest BCUT2D eigenvalue weighted by atomic mass is 9.49. The van der Waals surface area contributed by atoms with Crippen molar-refractivity contribution in [3.05, 3.63) is 77.5 Å². The van der Waals surface area contributed by atoms with Gasteiger partial charge in [-0.15, -0.1) is 0 Å². The number of esters is 2. The molecule has 7 heteroatoms. The van der Waals surface area contributed by atoms with Crippen LogP contribution < -0.4 is 10.6 Å². The van der Waals surface area contributed by atoms with Crippen LogP contribution in [0.5, 0.6) is 0 Å². The van der Waals surface area contributed by atoms with E-state index in [9.17, 15) is 14.4 Å². The van der Waals surface area contributed by atoms with Crippen molar-refractivity contribution in [3.8, 4) is 0 Å². The molecule has 7 nitrogen and oxygen atoms in total. The summed E-state index contributed by atoms with van der Waals surface area (Å²) in [6.45, 7) is 19.8. The summed E-state index contributed by atoms with van der Waals surface area (Å²) in [5.41, 5.74) is -3.19. The fraction of sp³-hybridized carbons (Fsp3) is 0.485. The van der Waals surface area contributed by atoms with Crippen LogP contribution in [0.4, 0.5) is 5.69 Å². The van der Waals surface area contributed by atoms with E-state index in [0.29, 0.717) is 5.69 Å². The normalized spacial score (nSPS) is 19.1. The SMILES string of the molecule is CCOC(=O)C(OC(=O)c1ccccc1)(C(=O)Nc1ccccc1)C1(C(C)(C)C)NC(C(C)(C)C)=C1C(C)(C)C. The Bertz CT molecular complexity index is 1280. The number of ether oxygens (including phenoxy) is 2. The van der Waals surface area contributed by atoms with E-state index in [0.717, 1.165) is 11.3 Å². The van der Waals surface area contributed by atoms with Crippen molar-refractivity contribution in [2.24, 2.45) is 16.2 Å². The number of carbonyl (C=O) groups excluding carboxylic acids is 3. The molecule has 0 radical (unpaired) electrons. The molecule has 0 saturated carbocycles. The van der Waals surface area contributed by atoms with Crippen LogP contribution >= 0.6 is 0 Å². The minimum atomic E-state index is -2.43. The molecular weight excluding hydrogens is 504 g/mol. The second kappa shape index (κ2) is 10.8. The summed E-state index contributed by atoms with van der Waals surface area (Å²) in [6, 6.07) is 17.2. The fourth-order valence-electron chi connectivity index (χ4n) is 5.62. The van der Waals surface area contributed by atoms with Gasteiger partial charge < -0.3 is 20.1 Å². The molecule has 2 aromatic carbocycles. The topological polar surface area (TPSA) is 93.7 Å². The smallest absolute Gasteiger partial charge is 0.363 e. The molecule has 2 atom stereocenters. The van der Waals surface area contributed by atoms with E-state index in [1.54, 1.807) is 61.5 Å². The number of amides is 1. The average Bonchev–Trinajstić information content (AvgIpc) is 2.81. The zero-order valence-corrected chi connectivity index (χ0v) is 25.5. The Morgan fingerprint density at radius 3 is 1.77 bits per heavy atom. The summed E-state index contributed by atoms with van der Waals surface area (Å²) < 4.78 is 11.9. The van der Waals surface area contributed by atoms with E-state index in [1.165, 1.54) is 0 Å². The molecule has 40 heavy (non-hydrogen) atoms. The standard InChI is InChI=1S/C33H44N2O5/c1-11-39-28(38)32(27(37)34-23-20-16-13-17-21-23,40-26(36)22-18-14-12-15-19-22)33(31(8,9)10)24(29(2,3)4)25(35-33)30(5,6)7/h12-21,35H,11H2,1-10H3,(H,34,37). The van der Waals surface area contributed by atoms with Crippen molar-refractivity contribution < 1.29 is 23.9 Å². The van der Waals surface area contributed by atoms with E-state index in [2.05, 4.69) is 31.4 Å². The summed E-state index contributed by atoms with van der Waals surface area (Å²) in [6.07, 6.45) is 0. The first kappa shape index (κ1) is 30.9. The van der Waals surface area contributed by atoms with Crippen molar-refractivity contribution in [2.45, 2.75) is 80.4 Å². The summed E-state index contributed by atoms with van der Waals surface area (Å²) in [7, 11) is 0. The van der Waals surface area contributed by atoms with Gasteiger partial charge in [-0.05, 0) is 47.6 Å². The molecule has 2 aromatic rings. The molecule has 216 valence electrons. The Labute approximate surface area is 238 Å². The van der Waals surface area contributed by atoms with Crippen LogP contribution in [0.1, 0.15) is 79.6 Å². The van der Waals surface area contributed by atoms with Gasteiger partial charge in [0.25, 0.3) is 5.91 Å². The molecule has 0 aliphatic carbocycles. The minimum absolute atomic E-state index is 0.0109. The number of carbonyl (C=O) groups is 3. The highest BCUT2D eigenvalue weighted by Gasteiger charge is 2.77. The molecule has 0 saturated heterocycles. The molecule has 1 amide bonds. The van der Waals surface area contributed by atoms with Crippen LogP contribution in [-0.2, 0) is 19.1 Å². The second-order valence-electron chi connectivity index (χ2n) is 13.4. The largest absolute Gasteiger partial charge is 0.463 e. The number of para-hydroxylation sites is 1. The Balaban J connectivity index is 2.45. The second-order valence-corrected chi connectivity index (χ2v) is 13.4. The van der Waals surface area contributed by atoms with Gasteiger partial charge in [-0.25, -0.2) is 9.59 Å². The fourth-order valence-corrected chi connectivity index (χ4v) is 5.62. The zero-order chi connectivity index (χ0) is 30.1. The van der Waals surface area contributed by atoms with Crippen molar-refractivity contribution in [3.63, 3.8) is 0 Å². The Morgan fingerprint density at radius 2 is 1.32 bits per heavy atom. The number of hydrogen-bond acceptors (Lipinski definition) is 6. The van der Waals surface area contributed by atoms with Gasteiger partial charge in [-0.1, -0.05) is 98.7 Å². The molecule has 0 aromatic heterocycles. The molecule has 0 spiro atoms. The predicted octanol–water partition coefficient (Wildman–Crippen LogP) is 6.52. The Kier molecular flexibility index (Phi) is 8.31. The molecule has 1 aliphatic rings. The average molecular weight is 549 g/mol. The molecule has 0 bridgehead atoms. The number of rotatable bonds is 7. The molecule has 0 fully saturated rings. The maximum atomic E-state index is 14.7. The molecule has 3 rings (SSSR count). The number of nitrogens with one attached hydrogen (secondary N) is 2. The first-order chi connectivity index (χ1) is 18.4. The quantitative estimate of drug-likeness (QED) is 0.302. The lowest BCUT2D eigenvalue weighted by Gasteiger charge is -2.65. The third kappa shape index (κ3) is 5.26. The summed E-state index contributed by atoms with van der Waals surface area (Å²) in [4.78, 5) is 42.9. The van der Waals surface area contributed by atoms with E-state index in [4.69, 9.17) is 9.47 Å². The molecule has 2 N–H and O–H groups in total. The predicted molar refractivity (Wildman–Crippen MR) is 158 cm³/mol. The van der Waals surface area contributed by atoms with Gasteiger partial charge in [0, 0.05) is 16.8 Å². The molecular formula is C33H44N2O5. The highest BCUT2D eigenvalue weighted by Crippen LogP contribution is 2.60. The lowest BCUT2D eigenvalue weighted by molar-refractivity contribution is -0.187. The van der Waals surface area contributed by atoms with Gasteiger partial charge in [0.2, 0.25) is 0 Å². The third-order valence-corrected chi connectivity index (χ3v) is 7.26. The van der Waals surface area contributed by atoms with Crippen molar-refractivity contribution in [1.29, 1.82) is 0 Å². The van der Waals surface area contributed by atoms with Gasteiger partial charge in [0.15, 0.2) is 0 Å². The number of benzene rings is 2. The van der Waals surface area contributed by atoms with Crippen molar-refractivity contribution in [1.82, 2.24) is 5.32 Å². The van der Waals surface area contributed by atoms with E-state index >= 15 is 0 Å². The molecule has 1 heterocycles. The number of anilines is 1. The summed E-state index contributed by atoms with van der Waals surface area (Å²) >= 11 is 0. The lowest BCUT2D eigenvalue weighted by Crippen LogP contribution is -2.83. The van der Waals surface area contributed by atoms with Gasteiger partial charge in [0.1, 0.15) is 5.54 Å². The zero-order valence-electron chi connectivity index (χ0n) is 25.5. The van der Waals surface area contributed by atoms with Gasteiger partial charge in [0.05, 0.1) is 12.2 Å². The third-order valence-electron chi connectivity index (χ3n) is 7.26. The van der Waals surface area contributed by atoms with E-state index in [1.807, 2.05) is 47.6 Å². The first-order valence-electron chi connectivity index (χ1n) is 13.8. The molecule has 1 aliphatic heterocycles. The minimum Gasteiger partial charge on any atom is -0.463 e. The van der Waals surface area contributed by atoms with Crippen LogP contribution in [-0.4, -0.2) is 35.6 Å². The van der Waals surface area contributed by atoms with Crippen LogP contribution in [0.3, 0.4) is 0 Å². The summed E-state index contributed by atoms with van der Waals surface area (Å²) in [5, 5.41) is 6.45. The van der Waals surface area contributed by atoms with Gasteiger partial charge in [-0.2, -0.15) is 0 Å². The maximum absolute atomic E-state index is 14.7. The summed E-state index contributed by atoms with van der Waals surface area (Å²) in [5.74, 6) is -2.54. The highest BCUT2D eigenvalue weighted by atomic mass is 16.6. The van der Waals surface area contributed by atoms with Gasteiger partial charge >= 0.3 is 17.5 Å². The van der Waals surface area contributed by atoms with Crippen LogP contribution in [0.2, 0.25) is 0 Å². The van der Waals surface area contributed by atoms with Crippen molar-refractivity contribution in [2.75, 3.05) is 11.9 Å². The molecule has 2 unspecified atom stereocenters. The van der Waals surface area contributed by atoms with Crippen LogP contribution in [0.25, 0.3) is 0 Å². The highest BCUT2D eigenvalue weighted by molar-refractivity contribution is 6.16. The van der Waals surface area contributed by atoms with Crippen LogP contribution in [0.15, 0.2) is 71.9 Å². The van der Waals surface area contributed by atoms with E-state index < -0.39 is 39.8 Å². The van der Waals surface area contributed by atoms with Crippen LogP contribution in [0, 0.1) is 16.2 Å². The van der Waals surface area contributed by atoms with Crippen molar-refractivity contribution >= 4 is 23.5 Å².